The van der Waals surface area contributed by atoms with E-state index >= 15 is 0 Å². The van der Waals surface area contributed by atoms with E-state index in [1.54, 1.807) is 0 Å². The van der Waals surface area contributed by atoms with Gasteiger partial charge in [-0.05, 0) is 0 Å². The predicted octanol–water partition coefficient (Wildman–Crippen LogP) is -0.666. The van der Waals surface area contributed by atoms with E-state index in [9.17, 15) is 22.8 Å². The van der Waals surface area contributed by atoms with Gasteiger partial charge in [0, 0.05) is 13.8 Å². The first kappa shape index (κ1) is 20.1. The monoisotopic (exact) mass is 370 g/mol. The molecule has 0 aromatic carbocycles. The molecule has 1 unspecified atom stereocenters. The first-order valence-electron chi connectivity index (χ1n) is 6.62. The molecule has 138 valence electrons. The molecule has 12 heteroatoms. The second kappa shape index (κ2) is 8.26. The Morgan fingerprint density at radius 2 is 1.62 bits per heavy atom. The van der Waals surface area contributed by atoms with Gasteiger partial charge in [-0.15, -0.1) is 0 Å². The molecule has 1 saturated heterocycles. The highest BCUT2D eigenvalue weighted by Gasteiger charge is 2.51. The van der Waals surface area contributed by atoms with Crippen LogP contribution < -0.4 is 0 Å². The van der Waals surface area contributed by atoms with Crippen molar-refractivity contribution in [2.45, 2.75) is 38.4 Å². The Bertz CT molecular complexity index is 584. The molecule has 1 rings (SSSR count). The summed E-state index contributed by atoms with van der Waals surface area (Å²) in [5.74, 6) is -1.54. The molecule has 0 aromatic heterocycles. The highest BCUT2D eigenvalue weighted by atomic mass is 32.2. The number of carbonyl (C=O) groups is 3. The number of carbonyl (C=O) groups excluding carboxylic acids is 3. The summed E-state index contributed by atoms with van der Waals surface area (Å²) >= 11 is 0. The zero-order valence-corrected chi connectivity index (χ0v) is 14.2. The molecule has 11 nitrogen and oxygen atoms in total. The van der Waals surface area contributed by atoms with Crippen molar-refractivity contribution >= 4 is 28.2 Å². The van der Waals surface area contributed by atoms with E-state index in [0.717, 1.165) is 27.2 Å². The maximum atomic E-state index is 11.4. The van der Waals surface area contributed by atoms with Crippen LogP contribution in [0.2, 0.25) is 0 Å². The third kappa shape index (κ3) is 6.29. The lowest BCUT2D eigenvalue weighted by Crippen LogP contribution is -2.42. The molecule has 0 N–H and O–H groups in total. The van der Waals surface area contributed by atoms with Gasteiger partial charge in [-0.1, -0.05) is 0 Å². The van der Waals surface area contributed by atoms with E-state index in [0.29, 0.717) is 0 Å². The molecule has 1 aliphatic heterocycles. The van der Waals surface area contributed by atoms with Gasteiger partial charge in [0.2, 0.25) is 6.29 Å². The molecule has 0 spiro atoms. The number of hydrogen-bond acceptors (Lipinski definition) is 11. The molecular weight excluding hydrogens is 352 g/mol. The SMILES string of the molecule is COC(=O)OC[C@H]1OC(OC(C)=O)[C@H](OC(C)=O)[C@H]1OS(C)(=O)=O. The van der Waals surface area contributed by atoms with Crippen molar-refractivity contribution in [1.29, 1.82) is 0 Å². The molecular formula is C12H18O11S. The predicted molar refractivity (Wildman–Crippen MR) is 74.1 cm³/mol. The standard InChI is InChI=1S/C12H18O11S/c1-6(13)20-10-9(23-24(4,16)17)8(5-19-12(15)18-3)22-11(10)21-7(2)14/h8-11H,5H2,1-4H3/t8-,9+,10-,11?/m1/s1. The molecule has 0 saturated carbocycles. The van der Waals surface area contributed by atoms with Crippen LogP contribution >= 0.6 is 0 Å². The molecule has 1 heterocycles. The minimum Gasteiger partial charge on any atom is -0.453 e. The second-order valence-electron chi connectivity index (χ2n) is 4.76. The Hall–Kier alpha value is -1.92. The van der Waals surface area contributed by atoms with Crippen molar-refractivity contribution in [3.8, 4) is 0 Å². The molecule has 0 amide bonds. The van der Waals surface area contributed by atoms with Crippen molar-refractivity contribution in [3.63, 3.8) is 0 Å². The quantitative estimate of drug-likeness (QED) is 0.334. The van der Waals surface area contributed by atoms with Gasteiger partial charge in [0.15, 0.2) is 6.10 Å². The highest BCUT2D eigenvalue weighted by molar-refractivity contribution is 7.86. The van der Waals surface area contributed by atoms with Crippen LogP contribution in [0.15, 0.2) is 0 Å². The fourth-order valence-electron chi connectivity index (χ4n) is 1.93. The summed E-state index contributed by atoms with van der Waals surface area (Å²) in [5.41, 5.74) is 0. The van der Waals surface area contributed by atoms with Crippen LogP contribution in [0, 0.1) is 0 Å². The van der Waals surface area contributed by atoms with Crippen molar-refractivity contribution < 1.29 is 50.7 Å². The molecule has 0 aromatic rings. The lowest BCUT2D eigenvalue weighted by molar-refractivity contribution is -0.196. The molecule has 0 bridgehead atoms. The molecule has 4 atom stereocenters. The molecule has 0 radical (unpaired) electrons. The summed E-state index contributed by atoms with van der Waals surface area (Å²) < 4.78 is 51.8. The zero-order chi connectivity index (χ0) is 18.5. The van der Waals surface area contributed by atoms with Crippen LogP contribution in [-0.2, 0) is 47.6 Å². The largest absolute Gasteiger partial charge is 0.508 e. The summed E-state index contributed by atoms with van der Waals surface area (Å²) in [6, 6.07) is 0. The fourth-order valence-corrected chi connectivity index (χ4v) is 2.57. The van der Waals surface area contributed by atoms with Gasteiger partial charge < -0.3 is 23.7 Å². The Balaban J connectivity index is 3.02. The Morgan fingerprint density at radius 3 is 2.08 bits per heavy atom. The smallest absolute Gasteiger partial charge is 0.453 e. The summed E-state index contributed by atoms with van der Waals surface area (Å²) in [7, 11) is -2.91. The Kier molecular flexibility index (Phi) is 6.93. The van der Waals surface area contributed by atoms with E-state index in [4.69, 9.17) is 18.4 Å². The van der Waals surface area contributed by atoms with Crippen LogP contribution in [0.5, 0.6) is 0 Å². The molecule has 1 aliphatic rings. The third-order valence-electron chi connectivity index (χ3n) is 2.67. The Morgan fingerprint density at radius 1 is 1.04 bits per heavy atom. The number of methoxy groups -OCH3 is 1. The minimum absolute atomic E-state index is 0.484. The summed E-state index contributed by atoms with van der Waals surface area (Å²) in [5, 5.41) is 0. The summed E-state index contributed by atoms with van der Waals surface area (Å²) in [6.45, 7) is 1.67. The van der Waals surface area contributed by atoms with Crippen LogP contribution in [0.4, 0.5) is 4.79 Å². The number of esters is 2. The maximum absolute atomic E-state index is 11.4. The van der Waals surface area contributed by atoms with Crippen molar-refractivity contribution in [2.75, 3.05) is 20.0 Å². The van der Waals surface area contributed by atoms with E-state index < -0.39 is 59.4 Å². The summed E-state index contributed by atoms with van der Waals surface area (Å²) in [6.07, 6.45) is -5.64. The Labute approximate surface area is 138 Å². The van der Waals surface area contributed by atoms with Crippen molar-refractivity contribution in [3.05, 3.63) is 0 Å². The maximum Gasteiger partial charge on any atom is 0.508 e. The minimum atomic E-state index is -3.99. The van der Waals surface area contributed by atoms with Gasteiger partial charge in [0.05, 0.1) is 13.4 Å². The van der Waals surface area contributed by atoms with Gasteiger partial charge in [-0.2, -0.15) is 8.42 Å². The fraction of sp³-hybridized carbons (Fsp3) is 0.750. The lowest BCUT2D eigenvalue weighted by Gasteiger charge is -2.22. The zero-order valence-electron chi connectivity index (χ0n) is 13.4. The van der Waals surface area contributed by atoms with Crippen LogP contribution in [0.25, 0.3) is 0 Å². The molecule has 24 heavy (non-hydrogen) atoms. The highest BCUT2D eigenvalue weighted by Crippen LogP contribution is 2.29. The van der Waals surface area contributed by atoms with Gasteiger partial charge in [0.25, 0.3) is 10.1 Å². The van der Waals surface area contributed by atoms with Crippen LogP contribution in [-0.4, -0.2) is 71.1 Å². The first-order valence-corrected chi connectivity index (χ1v) is 8.44. The summed E-state index contributed by atoms with van der Waals surface area (Å²) in [4.78, 5) is 33.4. The third-order valence-corrected chi connectivity index (χ3v) is 3.24. The normalized spacial score (nSPS) is 26.5. The van der Waals surface area contributed by atoms with Gasteiger partial charge in [-0.25, -0.2) is 4.79 Å². The van der Waals surface area contributed by atoms with Crippen LogP contribution in [0.3, 0.4) is 0 Å². The second-order valence-corrected chi connectivity index (χ2v) is 6.36. The van der Waals surface area contributed by atoms with Crippen molar-refractivity contribution in [2.24, 2.45) is 0 Å². The average Bonchev–Trinajstić information content (AvgIpc) is 2.71. The van der Waals surface area contributed by atoms with Crippen molar-refractivity contribution in [1.82, 2.24) is 0 Å². The van der Waals surface area contributed by atoms with Crippen LogP contribution in [0.1, 0.15) is 13.8 Å². The van der Waals surface area contributed by atoms with E-state index in [1.165, 1.54) is 0 Å². The van der Waals surface area contributed by atoms with E-state index in [1.807, 2.05) is 0 Å². The van der Waals surface area contributed by atoms with Gasteiger partial charge >= 0.3 is 18.1 Å². The van der Waals surface area contributed by atoms with E-state index in [-0.39, 0.29) is 0 Å². The van der Waals surface area contributed by atoms with Gasteiger partial charge in [0.1, 0.15) is 18.8 Å². The topological polar surface area (TPSA) is 141 Å². The average molecular weight is 370 g/mol. The number of hydrogen-bond donors (Lipinski definition) is 0. The molecule has 0 aliphatic carbocycles. The lowest BCUT2D eigenvalue weighted by atomic mass is 10.1. The number of ether oxygens (including phenoxy) is 5. The van der Waals surface area contributed by atoms with Gasteiger partial charge in [-0.3, -0.25) is 13.8 Å². The first-order chi connectivity index (χ1) is 11.0. The number of rotatable bonds is 6. The molecule has 1 fully saturated rings. The van der Waals surface area contributed by atoms with E-state index in [2.05, 4.69) is 9.47 Å².